The molecule has 0 aromatic heterocycles. The second-order valence-electron chi connectivity index (χ2n) is 7.04. The van der Waals surface area contributed by atoms with E-state index in [2.05, 4.69) is 0 Å². The van der Waals surface area contributed by atoms with Crippen LogP contribution in [0.25, 0.3) is 0 Å². The van der Waals surface area contributed by atoms with E-state index in [1.807, 2.05) is 6.07 Å². The fourth-order valence-electron chi connectivity index (χ4n) is 3.67. The van der Waals surface area contributed by atoms with Crippen molar-refractivity contribution in [3.8, 4) is 0 Å². The number of carbonyl (C=O) groups is 3. The zero-order chi connectivity index (χ0) is 21.5. The molecule has 0 bridgehead atoms. The van der Waals surface area contributed by atoms with Crippen LogP contribution in [0.2, 0.25) is 0 Å². The molecule has 1 saturated carbocycles. The van der Waals surface area contributed by atoms with Crippen LogP contribution in [-0.4, -0.2) is 57.4 Å². The number of nitrogens with zero attached hydrogens (tertiary/aromatic N) is 1. The van der Waals surface area contributed by atoms with Crippen molar-refractivity contribution in [1.82, 2.24) is 4.90 Å². The second kappa shape index (κ2) is 7.04. The highest BCUT2D eigenvalue weighted by atomic mass is 19.4. The lowest BCUT2D eigenvalue weighted by atomic mass is 9.97. The van der Waals surface area contributed by atoms with Crippen LogP contribution in [0.4, 0.5) is 17.6 Å². The number of piperidine rings is 1. The van der Waals surface area contributed by atoms with Crippen LogP contribution in [0.3, 0.4) is 0 Å². The number of hydrogen-bond acceptors (Lipinski definition) is 4. The second-order valence-corrected chi connectivity index (χ2v) is 7.04. The number of alkyl halides is 3. The highest BCUT2D eigenvalue weighted by Crippen LogP contribution is 2.68. The summed E-state index contributed by atoms with van der Waals surface area (Å²) in [4.78, 5) is 33.5. The van der Waals surface area contributed by atoms with Gasteiger partial charge in [0.05, 0.1) is 10.8 Å². The van der Waals surface area contributed by atoms with E-state index in [1.54, 1.807) is 11.8 Å². The number of carboxylic acid groups (broad SMARTS) is 3. The summed E-state index contributed by atoms with van der Waals surface area (Å²) in [7, 11) is 0. The Hall–Kier alpha value is -2.69. The molecule has 1 saturated heterocycles. The first kappa shape index (κ1) is 21.6. The number of carboxylic acids is 3. The molecule has 1 heterocycles. The van der Waals surface area contributed by atoms with Gasteiger partial charge in [-0.3, -0.25) is 14.5 Å². The summed E-state index contributed by atoms with van der Waals surface area (Å²) in [5.74, 6) is -5.20. The molecule has 2 aliphatic rings. The number of hydrogen-bond donors (Lipinski definition) is 3. The lowest BCUT2D eigenvalue weighted by Crippen LogP contribution is -2.28. The van der Waals surface area contributed by atoms with Crippen LogP contribution in [-0.2, 0) is 20.9 Å². The third kappa shape index (κ3) is 3.93. The maximum absolute atomic E-state index is 13.4. The number of fused-ring (bicyclic) bond motifs is 1. The molecule has 1 aromatic rings. The molecule has 0 radical (unpaired) electrons. The van der Waals surface area contributed by atoms with Crippen molar-refractivity contribution in [2.45, 2.75) is 26.1 Å². The molecule has 1 aliphatic heterocycles. The number of aliphatic carboxylic acids is 3. The maximum atomic E-state index is 13.4. The Bertz CT molecular complexity index is 778. The third-order valence-electron chi connectivity index (χ3n) is 4.95. The van der Waals surface area contributed by atoms with E-state index < -0.39 is 34.9 Å². The fraction of sp³-hybridized carbons (Fsp3) is 0.471. The van der Waals surface area contributed by atoms with E-state index in [0.717, 1.165) is 11.1 Å². The molecule has 154 valence electrons. The van der Waals surface area contributed by atoms with Gasteiger partial charge in [-0.05, 0) is 36.6 Å². The van der Waals surface area contributed by atoms with E-state index in [-0.39, 0.29) is 25.3 Å². The molecule has 0 amide bonds. The zero-order valence-corrected chi connectivity index (χ0v) is 14.6. The minimum absolute atomic E-state index is 0.184. The lowest BCUT2D eigenvalue weighted by molar-refractivity contribution is -0.192. The summed E-state index contributed by atoms with van der Waals surface area (Å²) in [6, 6.07) is 4.65. The van der Waals surface area contributed by atoms with Gasteiger partial charge in [0.1, 0.15) is 5.82 Å². The van der Waals surface area contributed by atoms with Gasteiger partial charge in [0.25, 0.3) is 0 Å². The lowest BCUT2D eigenvalue weighted by Gasteiger charge is -2.19. The fourth-order valence-corrected chi connectivity index (χ4v) is 3.67. The van der Waals surface area contributed by atoms with Crippen molar-refractivity contribution in [2.75, 3.05) is 13.1 Å². The predicted octanol–water partition coefficient (Wildman–Crippen LogP) is 2.13. The number of benzene rings is 1. The monoisotopic (exact) mass is 407 g/mol. The number of aryl methyl sites for hydroxylation is 1. The number of halogens is 4. The summed E-state index contributed by atoms with van der Waals surface area (Å²) in [6.45, 7) is 2.54. The molecule has 3 rings (SSSR count). The van der Waals surface area contributed by atoms with Gasteiger partial charge in [0.2, 0.25) is 0 Å². The summed E-state index contributed by atoms with van der Waals surface area (Å²) in [5, 5.41) is 25.8. The van der Waals surface area contributed by atoms with Gasteiger partial charge >= 0.3 is 24.1 Å². The van der Waals surface area contributed by atoms with E-state index in [1.165, 1.54) is 12.1 Å². The first-order valence-electron chi connectivity index (χ1n) is 7.99. The standard InChI is InChI=1S/C15H16FNO4.C2HF3O2/c1-9-2-10(4-11(16)3-9)5-17-7-14(12(18)19)6-15(14,8-17)13(20)21;3-2(4,5)1(6)7/h2-4H,5-8H2,1H3,(H,18,19)(H,20,21);(H,6,7)/t14-,15+;. The van der Waals surface area contributed by atoms with Gasteiger partial charge in [-0.2, -0.15) is 13.2 Å². The van der Waals surface area contributed by atoms with E-state index in [0.29, 0.717) is 6.54 Å². The minimum Gasteiger partial charge on any atom is -0.481 e. The Labute approximate surface area is 156 Å². The van der Waals surface area contributed by atoms with Crippen molar-refractivity contribution in [3.05, 3.63) is 35.1 Å². The van der Waals surface area contributed by atoms with Crippen LogP contribution in [0.5, 0.6) is 0 Å². The Morgan fingerprint density at radius 3 is 1.86 bits per heavy atom. The third-order valence-corrected chi connectivity index (χ3v) is 4.95. The van der Waals surface area contributed by atoms with Crippen LogP contribution in [0.1, 0.15) is 17.5 Å². The van der Waals surface area contributed by atoms with E-state index in [9.17, 15) is 37.4 Å². The smallest absolute Gasteiger partial charge is 0.481 e. The van der Waals surface area contributed by atoms with Crippen LogP contribution in [0, 0.1) is 23.6 Å². The molecule has 3 N–H and O–H groups in total. The Morgan fingerprint density at radius 2 is 1.50 bits per heavy atom. The SMILES string of the molecule is Cc1cc(F)cc(CN2C[C@@]3(C(=O)O)C[C@@]3(C(=O)O)C2)c1.O=C(O)C(F)(F)F. The Morgan fingerprint density at radius 1 is 1.04 bits per heavy atom. The van der Waals surface area contributed by atoms with Crippen molar-refractivity contribution in [1.29, 1.82) is 0 Å². The van der Waals surface area contributed by atoms with E-state index in [4.69, 9.17) is 9.90 Å². The van der Waals surface area contributed by atoms with Gasteiger partial charge < -0.3 is 15.3 Å². The molecule has 2 atom stereocenters. The Kier molecular flexibility index (Phi) is 5.43. The molecule has 0 unspecified atom stereocenters. The van der Waals surface area contributed by atoms with Gasteiger partial charge in [-0.1, -0.05) is 6.07 Å². The van der Waals surface area contributed by atoms with Crippen molar-refractivity contribution in [2.24, 2.45) is 10.8 Å². The van der Waals surface area contributed by atoms with Crippen molar-refractivity contribution < 1.29 is 47.3 Å². The summed E-state index contributed by atoms with van der Waals surface area (Å²) < 4.78 is 45.1. The highest BCUT2D eigenvalue weighted by Gasteiger charge is 2.80. The number of rotatable bonds is 4. The average Bonchev–Trinajstić information content (AvgIpc) is 3.05. The first-order valence-corrected chi connectivity index (χ1v) is 7.99. The molecular formula is C17H17F4NO6. The van der Waals surface area contributed by atoms with Gasteiger partial charge in [0, 0.05) is 19.6 Å². The molecule has 11 heteroatoms. The zero-order valence-electron chi connectivity index (χ0n) is 14.6. The topological polar surface area (TPSA) is 115 Å². The minimum atomic E-state index is -5.08. The van der Waals surface area contributed by atoms with Gasteiger partial charge in [-0.15, -0.1) is 0 Å². The molecule has 1 aromatic carbocycles. The average molecular weight is 407 g/mol. The molecule has 1 aliphatic carbocycles. The molecule has 0 spiro atoms. The summed E-state index contributed by atoms with van der Waals surface area (Å²) >= 11 is 0. The predicted molar refractivity (Wildman–Crippen MR) is 84.9 cm³/mol. The molecule has 28 heavy (non-hydrogen) atoms. The van der Waals surface area contributed by atoms with Crippen LogP contribution in [0.15, 0.2) is 18.2 Å². The van der Waals surface area contributed by atoms with Gasteiger partial charge in [-0.25, -0.2) is 9.18 Å². The van der Waals surface area contributed by atoms with Crippen molar-refractivity contribution in [3.63, 3.8) is 0 Å². The molecule has 7 nitrogen and oxygen atoms in total. The molecular weight excluding hydrogens is 390 g/mol. The largest absolute Gasteiger partial charge is 0.490 e. The normalized spacial score (nSPS) is 26.0. The highest BCUT2D eigenvalue weighted by molar-refractivity contribution is 5.94. The summed E-state index contributed by atoms with van der Waals surface area (Å²) in [6.07, 6.45) is -4.90. The van der Waals surface area contributed by atoms with Crippen molar-refractivity contribution >= 4 is 17.9 Å². The maximum Gasteiger partial charge on any atom is 0.490 e. The van der Waals surface area contributed by atoms with Crippen LogP contribution < -0.4 is 0 Å². The first-order chi connectivity index (χ1) is 12.7. The van der Waals surface area contributed by atoms with E-state index >= 15 is 0 Å². The Balaban J connectivity index is 0.000000345. The van der Waals surface area contributed by atoms with Crippen LogP contribution >= 0.6 is 0 Å². The molecule has 2 fully saturated rings. The number of likely N-dealkylation sites (tertiary alicyclic amines) is 1. The quantitative estimate of drug-likeness (QED) is 0.655. The summed E-state index contributed by atoms with van der Waals surface area (Å²) in [5.41, 5.74) is -0.840. The van der Waals surface area contributed by atoms with Gasteiger partial charge in [0.15, 0.2) is 0 Å².